The molecule has 1 aliphatic rings. The predicted octanol–water partition coefficient (Wildman–Crippen LogP) is 4.05. The lowest BCUT2D eigenvalue weighted by Crippen LogP contribution is -2.39. The van der Waals surface area contributed by atoms with E-state index in [-0.39, 0.29) is 12.1 Å². The first-order valence-electron chi connectivity index (χ1n) is 8.61. The second kappa shape index (κ2) is 7.77. The van der Waals surface area contributed by atoms with Gasteiger partial charge in [-0.2, -0.15) is 0 Å². The van der Waals surface area contributed by atoms with Gasteiger partial charge in [0.15, 0.2) is 0 Å². The summed E-state index contributed by atoms with van der Waals surface area (Å²) < 4.78 is 5.60. The van der Waals surface area contributed by atoms with Crippen molar-refractivity contribution >= 4 is 11.9 Å². The Morgan fingerprint density at radius 3 is 2.87 bits per heavy atom. The van der Waals surface area contributed by atoms with Gasteiger partial charge in [-0.3, -0.25) is 4.90 Å². The Bertz CT molecular complexity index is 519. The van der Waals surface area contributed by atoms with Crippen molar-refractivity contribution in [2.75, 3.05) is 18.0 Å². The van der Waals surface area contributed by atoms with Gasteiger partial charge < -0.3 is 10.1 Å². The lowest BCUT2D eigenvalue weighted by molar-refractivity contribution is 0.0578. The van der Waals surface area contributed by atoms with Gasteiger partial charge in [-0.25, -0.2) is 9.78 Å². The monoisotopic (exact) mass is 319 g/mol. The third-order valence-corrected chi connectivity index (χ3v) is 3.86. The molecule has 1 atom stereocenters. The first-order valence-corrected chi connectivity index (χ1v) is 8.61. The van der Waals surface area contributed by atoms with Gasteiger partial charge in [0.25, 0.3) is 0 Å². The maximum absolute atomic E-state index is 12.7. The van der Waals surface area contributed by atoms with Crippen LogP contribution in [0, 0.1) is 0 Å². The molecular formula is C18H29N3O2. The van der Waals surface area contributed by atoms with Crippen molar-refractivity contribution in [1.29, 1.82) is 0 Å². The number of nitrogens with one attached hydrogen (secondary N) is 1. The fourth-order valence-corrected chi connectivity index (χ4v) is 2.77. The maximum atomic E-state index is 12.7. The van der Waals surface area contributed by atoms with Crippen LogP contribution in [-0.2, 0) is 4.74 Å². The number of anilines is 1. The number of carbonyl (C=O) groups excluding carboxylic acids is 1. The molecule has 1 aromatic heterocycles. The molecule has 23 heavy (non-hydrogen) atoms. The van der Waals surface area contributed by atoms with Crippen LogP contribution < -0.4 is 10.2 Å². The number of unbranched alkanes of at least 4 members (excludes halogenated alkanes) is 1. The molecule has 0 unspecified atom stereocenters. The van der Waals surface area contributed by atoms with Crippen LogP contribution in [0.1, 0.15) is 65.0 Å². The number of aromatic nitrogens is 1. The molecule has 2 heterocycles. The number of hydrogen-bond donors (Lipinski definition) is 1. The standard InChI is InChI=1S/C18H29N3O2/c1-5-6-13-21(17(22)23-18(2,3)4)16-14(9-7-12-20-16)15-10-8-11-19-15/h7,9,12,15,19H,5-6,8,10-11,13H2,1-4H3/t15-/m0/s1. The molecule has 0 radical (unpaired) electrons. The third-order valence-electron chi connectivity index (χ3n) is 3.86. The summed E-state index contributed by atoms with van der Waals surface area (Å²) in [4.78, 5) is 18.9. The minimum absolute atomic E-state index is 0.269. The average Bonchev–Trinajstić information content (AvgIpc) is 3.00. The molecule has 0 aliphatic carbocycles. The number of hydrogen-bond acceptors (Lipinski definition) is 4. The molecule has 0 saturated carbocycles. The highest BCUT2D eigenvalue weighted by molar-refractivity contribution is 5.87. The molecular weight excluding hydrogens is 290 g/mol. The molecule has 1 aliphatic heterocycles. The fourth-order valence-electron chi connectivity index (χ4n) is 2.77. The van der Waals surface area contributed by atoms with Crippen molar-refractivity contribution in [3.05, 3.63) is 23.9 Å². The lowest BCUT2D eigenvalue weighted by atomic mass is 10.1. The molecule has 128 valence electrons. The van der Waals surface area contributed by atoms with Crippen LogP contribution in [0.5, 0.6) is 0 Å². The van der Waals surface area contributed by atoms with E-state index in [1.54, 1.807) is 11.1 Å². The second-order valence-corrected chi connectivity index (χ2v) is 7.05. The van der Waals surface area contributed by atoms with Gasteiger partial charge in [0.2, 0.25) is 0 Å². The molecule has 1 fully saturated rings. The molecule has 2 rings (SSSR count). The van der Waals surface area contributed by atoms with Crippen LogP contribution in [0.3, 0.4) is 0 Å². The number of carbonyl (C=O) groups is 1. The van der Waals surface area contributed by atoms with E-state index in [1.807, 2.05) is 26.8 Å². The van der Waals surface area contributed by atoms with E-state index >= 15 is 0 Å². The number of nitrogens with zero attached hydrogens (tertiary/aromatic N) is 2. The summed E-state index contributed by atoms with van der Waals surface area (Å²) >= 11 is 0. The Kier molecular flexibility index (Phi) is 5.99. The van der Waals surface area contributed by atoms with Gasteiger partial charge in [0.1, 0.15) is 11.4 Å². The quantitative estimate of drug-likeness (QED) is 0.889. The molecule has 0 aromatic carbocycles. The zero-order valence-corrected chi connectivity index (χ0v) is 14.8. The minimum atomic E-state index is -0.512. The van der Waals surface area contributed by atoms with Crippen LogP contribution in [0.25, 0.3) is 0 Å². The van der Waals surface area contributed by atoms with Crippen molar-refractivity contribution in [2.45, 2.75) is 65.0 Å². The second-order valence-electron chi connectivity index (χ2n) is 7.05. The normalized spacial score (nSPS) is 18.0. The summed E-state index contributed by atoms with van der Waals surface area (Å²) in [5, 5.41) is 3.49. The van der Waals surface area contributed by atoms with Crippen LogP contribution >= 0.6 is 0 Å². The topological polar surface area (TPSA) is 54.5 Å². The zero-order chi connectivity index (χ0) is 16.9. The Morgan fingerprint density at radius 2 is 2.26 bits per heavy atom. The predicted molar refractivity (Wildman–Crippen MR) is 92.7 cm³/mol. The highest BCUT2D eigenvalue weighted by Crippen LogP contribution is 2.30. The summed E-state index contributed by atoms with van der Waals surface area (Å²) in [6, 6.07) is 4.27. The van der Waals surface area contributed by atoms with E-state index in [2.05, 4.69) is 23.3 Å². The van der Waals surface area contributed by atoms with Gasteiger partial charge in [-0.15, -0.1) is 0 Å². The third kappa shape index (κ3) is 4.93. The molecule has 1 amide bonds. The first-order chi connectivity index (χ1) is 10.9. The summed E-state index contributed by atoms with van der Waals surface area (Å²) in [5.41, 5.74) is 0.578. The van der Waals surface area contributed by atoms with E-state index in [0.29, 0.717) is 6.54 Å². The summed E-state index contributed by atoms with van der Waals surface area (Å²) in [7, 11) is 0. The van der Waals surface area contributed by atoms with Crippen molar-refractivity contribution in [1.82, 2.24) is 10.3 Å². The molecule has 1 N–H and O–H groups in total. The molecule has 5 nitrogen and oxygen atoms in total. The van der Waals surface area contributed by atoms with Gasteiger partial charge in [0.05, 0.1) is 0 Å². The molecule has 1 saturated heterocycles. The summed E-state index contributed by atoms with van der Waals surface area (Å²) in [6.45, 7) is 9.43. The molecule has 5 heteroatoms. The minimum Gasteiger partial charge on any atom is -0.443 e. The largest absolute Gasteiger partial charge is 0.443 e. The van der Waals surface area contributed by atoms with Gasteiger partial charge >= 0.3 is 6.09 Å². The number of pyridine rings is 1. The lowest BCUT2D eigenvalue weighted by Gasteiger charge is -2.29. The molecule has 1 aromatic rings. The average molecular weight is 319 g/mol. The van der Waals surface area contributed by atoms with E-state index in [0.717, 1.165) is 43.6 Å². The van der Waals surface area contributed by atoms with Crippen LogP contribution in [-0.4, -0.2) is 29.8 Å². The number of amides is 1. The van der Waals surface area contributed by atoms with Gasteiger partial charge in [0, 0.05) is 24.3 Å². The highest BCUT2D eigenvalue weighted by Gasteiger charge is 2.28. The first kappa shape index (κ1) is 17.7. The van der Waals surface area contributed by atoms with E-state index < -0.39 is 5.60 Å². The van der Waals surface area contributed by atoms with Crippen molar-refractivity contribution < 1.29 is 9.53 Å². The van der Waals surface area contributed by atoms with Crippen LogP contribution in [0.4, 0.5) is 10.6 Å². The van der Waals surface area contributed by atoms with E-state index in [9.17, 15) is 4.79 Å². The summed E-state index contributed by atoms with van der Waals surface area (Å²) in [6.07, 6.45) is 5.60. The van der Waals surface area contributed by atoms with E-state index in [1.165, 1.54) is 0 Å². The highest BCUT2D eigenvalue weighted by atomic mass is 16.6. The Hall–Kier alpha value is -1.62. The summed E-state index contributed by atoms with van der Waals surface area (Å²) in [5.74, 6) is 0.731. The van der Waals surface area contributed by atoms with Gasteiger partial charge in [-0.1, -0.05) is 19.4 Å². The smallest absolute Gasteiger partial charge is 0.416 e. The maximum Gasteiger partial charge on any atom is 0.416 e. The van der Waals surface area contributed by atoms with Gasteiger partial charge in [-0.05, 0) is 52.6 Å². The van der Waals surface area contributed by atoms with Crippen molar-refractivity contribution in [2.24, 2.45) is 0 Å². The number of rotatable bonds is 5. The van der Waals surface area contributed by atoms with Crippen molar-refractivity contribution in [3.63, 3.8) is 0 Å². The Morgan fingerprint density at radius 1 is 1.48 bits per heavy atom. The Labute approximate surface area is 139 Å². The SMILES string of the molecule is CCCCN(C(=O)OC(C)(C)C)c1ncccc1[C@@H]1CCCN1. The Balaban J connectivity index is 2.29. The van der Waals surface area contributed by atoms with Crippen LogP contribution in [0.2, 0.25) is 0 Å². The van der Waals surface area contributed by atoms with E-state index in [4.69, 9.17) is 4.74 Å². The zero-order valence-electron chi connectivity index (χ0n) is 14.8. The molecule has 0 spiro atoms. The molecule has 0 bridgehead atoms. The van der Waals surface area contributed by atoms with Crippen molar-refractivity contribution in [3.8, 4) is 0 Å². The van der Waals surface area contributed by atoms with Crippen LogP contribution in [0.15, 0.2) is 18.3 Å². The fraction of sp³-hybridized carbons (Fsp3) is 0.667. The number of ether oxygens (including phenoxy) is 1.